The minimum atomic E-state index is -4.73. The fourth-order valence-electron chi connectivity index (χ4n) is 2.46. The Hall–Kier alpha value is -1.80. The van der Waals surface area contributed by atoms with E-state index in [1.165, 1.54) is 26.8 Å². The van der Waals surface area contributed by atoms with E-state index in [9.17, 15) is 23.1 Å². The number of alkyl halides is 3. The molecule has 1 aromatic carbocycles. The van der Waals surface area contributed by atoms with Crippen molar-refractivity contribution in [2.75, 3.05) is 6.61 Å². The Morgan fingerprint density at radius 2 is 2.00 bits per heavy atom. The van der Waals surface area contributed by atoms with Gasteiger partial charge in [-0.15, -0.1) is 0 Å². The van der Waals surface area contributed by atoms with Gasteiger partial charge in [0.15, 0.2) is 12.3 Å². The minimum Gasteiger partial charge on any atom is -0.484 e. The summed E-state index contributed by atoms with van der Waals surface area (Å²) in [6, 6.07) is 4.71. The second-order valence-electron chi connectivity index (χ2n) is 7.19. The molecular formula is C17H20ClF3N2O3. The first-order valence-electron chi connectivity index (χ1n) is 7.85. The van der Waals surface area contributed by atoms with Crippen molar-refractivity contribution in [2.24, 2.45) is 10.5 Å². The highest BCUT2D eigenvalue weighted by Crippen LogP contribution is 2.43. The maximum absolute atomic E-state index is 13.0. The molecule has 1 N–H and O–H groups in total. The lowest BCUT2D eigenvalue weighted by Crippen LogP contribution is -2.56. The Labute approximate surface area is 154 Å². The Morgan fingerprint density at radius 3 is 2.50 bits per heavy atom. The summed E-state index contributed by atoms with van der Waals surface area (Å²) in [5, 5.41) is 15.1. The Morgan fingerprint density at radius 1 is 1.38 bits per heavy atom. The molecule has 1 unspecified atom stereocenters. The topological polar surface area (TPSA) is 62.1 Å². The van der Waals surface area contributed by atoms with Gasteiger partial charge in [0.25, 0.3) is 5.91 Å². The van der Waals surface area contributed by atoms with Gasteiger partial charge in [0, 0.05) is 16.9 Å². The third-order valence-electron chi connectivity index (χ3n) is 4.24. The van der Waals surface area contributed by atoms with Crippen LogP contribution in [0.1, 0.15) is 32.8 Å². The van der Waals surface area contributed by atoms with Gasteiger partial charge in [-0.2, -0.15) is 23.3 Å². The Kier molecular flexibility index (Phi) is 5.31. The van der Waals surface area contributed by atoms with Crippen LogP contribution in [0.25, 0.3) is 0 Å². The number of ether oxygens (including phenoxy) is 1. The summed E-state index contributed by atoms with van der Waals surface area (Å²) in [6.07, 6.45) is -5.53. The average molecular weight is 393 g/mol. The molecule has 0 spiro atoms. The number of carbonyl (C=O) groups is 1. The highest BCUT2D eigenvalue weighted by Gasteiger charge is 2.57. The van der Waals surface area contributed by atoms with E-state index in [0.29, 0.717) is 15.8 Å². The summed E-state index contributed by atoms with van der Waals surface area (Å²) < 4.78 is 44.4. The molecule has 0 bridgehead atoms. The molecule has 1 amide bonds. The van der Waals surface area contributed by atoms with Crippen LogP contribution in [0.5, 0.6) is 5.75 Å². The van der Waals surface area contributed by atoms with Crippen molar-refractivity contribution in [3.63, 3.8) is 0 Å². The second-order valence-corrected chi connectivity index (χ2v) is 7.60. The second kappa shape index (κ2) is 6.74. The van der Waals surface area contributed by atoms with Crippen molar-refractivity contribution in [3.8, 4) is 5.75 Å². The zero-order valence-corrected chi connectivity index (χ0v) is 15.6. The number of amides is 1. The fourth-order valence-corrected chi connectivity index (χ4v) is 2.58. The summed E-state index contributed by atoms with van der Waals surface area (Å²) in [7, 11) is 0. The van der Waals surface area contributed by atoms with E-state index in [0.717, 1.165) is 5.56 Å². The number of hydrogen-bond acceptors (Lipinski definition) is 4. The maximum Gasteiger partial charge on any atom is 0.431 e. The van der Waals surface area contributed by atoms with Crippen molar-refractivity contribution in [1.82, 2.24) is 5.01 Å². The summed E-state index contributed by atoms with van der Waals surface area (Å²) in [5.41, 5.74) is -3.64. The van der Waals surface area contributed by atoms with Crippen LogP contribution in [0.2, 0.25) is 5.02 Å². The first-order valence-corrected chi connectivity index (χ1v) is 8.22. The van der Waals surface area contributed by atoms with E-state index < -0.39 is 42.0 Å². The fraction of sp³-hybridized carbons (Fsp3) is 0.529. The molecule has 1 aliphatic heterocycles. The SMILES string of the molecule is Cc1cc(OCC(=O)N2N=C(C(F)(F)F)CC2(O)C(C)(C)C)ccc1Cl. The van der Waals surface area contributed by atoms with Crippen LogP contribution in [0, 0.1) is 12.3 Å². The zero-order chi connectivity index (χ0) is 19.9. The van der Waals surface area contributed by atoms with Crippen molar-refractivity contribution >= 4 is 23.2 Å². The van der Waals surface area contributed by atoms with E-state index in [1.54, 1.807) is 19.1 Å². The third-order valence-corrected chi connectivity index (χ3v) is 4.67. The number of carbonyl (C=O) groups excluding carboxylic acids is 1. The monoisotopic (exact) mass is 392 g/mol. The molecule has 0 fully saturated rings. The number of benzene rings is 1. The molecule has 2 rings (SSSR count). The van der Waals surface area contributed by atoms with Gasteiger partial charge in [-0.1, -0.05) is 32.4 Å². The average Bonchev–Trinajstić information content (AvgIpc) is 2.87. The van der Waals surface area contributed by atoms with E-state index in [-0.39, 0.29) is 0 Å². The maximum atomic E-state index is 13.0. The van der Waals surface area contributed by atoms with Crippen LogP contribution in [0.15, 0.2) is 23.3 Å². The van der Waals surface area contributed by atoms with Crippen LogP contribution in [0.3, 0.4) is 0 Å². The van der Waals surface area contributed by atoms with Crippen LogP contribution >= 0.6 is 11.6 Å². The van der Waals surface area contributed by atoms with Crippen molar-refractivity contribution < 1.29 is 27.8 Å². The van der Waals surface area contributed by atoms with Gasteiger partial charge in [0.1, 0.15) is 11.5 Å². The van der Waals surface area contributed by atoms with Gasteiger partial charge < -0.3 is 9.84 Å². The summed E-state index contributed by atoms with van der Waals surface area (Å²) in [5.74, 6) is -0.548. The standard InChI is InChI=1S/C17H20ClF3N2O3/c1-10-7-11(5-6-12(10)18)26-9-14(24)23-16(25,15(2,3)4)8-13(22-23)17(19,20)21/h5-7,25H,8-9H2,1-4H3. The van der Waals surface area contributed by atoms with E-state index >= 15 is 0 Å². The number of hydrogen-bond donors (Lipinski definition) is 1. The molecule has 144 valence electrons. The molecule has 1 aromatic rings. The number of rotatable bonds is 3. The number of aliphatic hydroxyl groups is 1. The van der Waals surface area contributed by atoms with Crippen molar-refractivity contribution in [3.05, 3.63) is 28.8 Å². The molecule has 0 saturated carbocycles. The van der Waals surface area contributed by atoms with E-state index in [1.807, 2.05) is 0 Å². The summed E-state index contributed by atoms with van der Waals surface area (Å²) >= 11 is 5.91. The molecule has 1 atom stereocenters. The van der Waals surface area contributed by atoms with E-state index in [2.05, 4.69) is 5.10 Å². The minimum absolute atomic E-state index is 0.332. The smallest absolute Gasteiger partial charge is 0.431 e. The van der Waals surface area contributed by atoms with Gasteiger partial charge in [0.2, 0.25) is 0 Å². The molecule has 1 aliphatic rings. The van der Waals surface area contributed by atoms with Crippen LogP contribution < -0.4 is 4.74 Å². The first-order chi connectivity index (χ1) is 11.8. The van der Waals surface area contributed by atoms with Crippen molar-refractivity contribution in [1.29, 1.82) is 0 Å². The van der Waals surface area contributed by atoms with Crippen LogP contribution in [-0.2, 0) is 4.79 Å². The summed E-state index contributed by atoms with van der Waals surface area (Å²) in [4.78, 5) is 12.4. The van der Waals surface area contributed by atoms with E-state index in [4.69, 9.17) is 16.3 Å². The van der Waals surface area contributed by atoms with Gasteiger partial charge in [0.05, 0.1) is 0 Å². The van der Waals surface area contributed by atoms with Gasteiger partial charge in [-0.3, -0.25) is 4.79 Å². The molecule has 0 aromatic heterocycles. The van der Waals surface area contributed by atoms with Gasteiger partial charge in [-0.25, -0.2) is 0 Å². The normalized spacial score (nSPS) is 21.0. The molecule has 0 aliphatic carbocycles. The largest absolute Gasteiger partial charge is 0.484 e. The Balaban J connectivity index is 2.22. The third kappa shape index (κ3) is 3.96. The lowest BCUT2D eigenvalue weighted by molar-refractivity contribution is -0.183. The Bertz CT molecular complexity index is 744. The number of aryl methyl sites for hydroxylation is 1. The molecule has 1 heterocycles. The number of halogens is 4. The van der Waals surface area contributed by atoms with Gasteiger partial charge >= 0.3 is 6.18 Å². The molecule has 9 heteroatoms. The summed E-state index contributed by atoms with van der Waals surface area (Å²) in [6.45, 7) is 5.77. The quantitative estimate of drug-likeness (QED) is 0.848. The first kappa shape index (κ1) is 20.5. The highest BCUT2D eigenvalue weighted by atomic mass is 35.5. The van der Waals surface area contributed by atoms with Crippen molar-refractivity contribution in [2.45, 2.75) is 46.0 Å². The molecular weight excluding hydrogens is 373 g/mol. The molecule has 5 nitrogen and oxygen atoms in total. The lowest BCUT2D eigenvalue weighted by Gasteiger charge is -2.41. The van der Waals surface area contributed by atoms with Gasteiger partial charge in [-0.05, 0) is 30.7 Å². The highest BCUT2D eigenvalue weighted by molar-refractivity contribution is 6.31. The molecule has 26 heavy (non-hydrogen) atoms. The van der Waals surface area contributed by atoms with Crippen LogP contribution in [-0.4, -0.2) is 40.2 Å². The predicted octanol–water partition coefficient (Wildman–Crippen LogP) is 3.91. The zero-order valence-electron chi connectivity index (χ0n) is 14.8. The number of nitrogens with zero attached hydrogens (tertiary/aromatic N) is 2. The number of hydrazone groups is 1. The molecule has 0 saturated heterocycles. The predicted molar refractivity (Wildman–Crippen MR) is 91.0 cm³/mol. The molecule has 0 radical (unpaired) electrons. The lowest BCUT2D eigenvalue weighted by atomic mass is 9.80. The van der Waals surface area contributed by atoms with Crippen LogP contribution in [0.4, 0.5) is 13.2 Å².